The Morgan fingerprint density at radius 3 is 2.89 bits per heavy atom. The van der Waals surface area contributed by atoms with Crippen LogP contribution in [-0.2, 0) is 23.3 Å². The van der Waals surface area contributed by atoms with Gasteiger partial charge in [0.25, 0.3) is 0 Å². The molecule has 1 N–H and O–H groups in total. The molecule has 2 heterocycles. The number of hydrogen-bond acceptors (Lipinski definition) is 4. The van der Waals surface area contributed by atoms with Crippen LogP contribution in [0.15, 0.2) is 12.3 Å². The molecule has 1 fully saturated rings. The topological polar surface area (TPSA) is 64.0 Å². The second kappa shape index (κ2) is 5.40. The third kappa shape index (κ3) is 3.32. The van der Waals surface area contributed by atoms with E-state index in [0.717, 1.165) is 25.1 Å². The fraction of sp³-hybridized carbons (Fsp3) is 0.750. The van der Waals surface area contributed by atoms with Crippen LogP contribution in [-0.4, -0.2) is 42.3 Å². The summed E-state index contributed by atoms with van der Waals surface area (Å²) in [4.78, 5) is 0. The molecule has 0 saturated carbocycles. The first kappa shape index (κ1) is 13.5. The van der Waals surface area contributed by atoms with Gasteiger partial charge in [-0.2, -0.15) is 5.10 Å². The molecule has 2 atom stereocenters. The SMILES string of the molecule is CCNC(Cc1ccn(C)n1)C1CCS(=O)(=O)C1. The molecule has 6 heteroatoms. The monoisotopic (exact) mass is 271 g/mol. The van der Waals surface area contributed by atoms with Gasteiger partial charge < -0.3 is 5.32 Å². The van der Waals surface area contributed by atoms with Gasteiger partial charge in [-0.3, -0.25) is 4.68 Å². The summed E-state index contributed by atoms with van der Waals surface area (Å²) in [5, 5.41) is 7.77. The Kier molecular flexibility index (Phi) is 4.07. The van der Waals surface area contributed by atoms with Crippen molar-refractivity contribution in [1.82, 2.24) is 15.1 Å². The zero-order valence-corrected chi connectivity index (χ0v) is 11.8. The van der Waals surface area contributed by atoms with Crippen molar-refractivity contribution in [2.24, 2.45) is 13.0 Å². The van der Waals surface area contributed by atoms with E-state index in [9.17, 15) is 8.42 Å². The van der Waals surface area contributed by atoms with Crippen LogP contribution >= 0.6 is 0 Å². The molecule has 0 spiro atoms. The van der Waals surface area contributed by atoms with Crippen molar-refractivity contribution in [1.29, 1.82) is 0 Å². The van der Waals surface area contributed by atoms with Crippen LogP contribution in [0.2, 0.25) is 0 Å². The van der Waals surface area contributed by atoms with E-state index in [2.05, 4.69) is 17.3 Å². The Bertz CT molecular complexity index is 495. The molecule has 1 aromatic heterocycles. The minimum Gasteiger partial charge on any atom is -0.314 e. The normalized spacial score (nSPS) is 24.2. The Morgan fingerprint density at radius 1 is 1.61 bits per heavy atom. The van der Waals surface area contributed by atoms with E-state index in [1.54, 1.807) is 4.68 Å². The van der Waals surface area contributed by atoms with Gasteiger partial charge in [0.05, 0.1) is 17.2 Å². The maximum atomic E-state index is 11.6. The minimum atomic E-state index is -2.81. The second-order valence-corrected chi connectivity index (χ2v) is 7.24. The molecule has 0 aromatic carbocycles. The largest absolute Gasteiger partial charge is 0.314 e. The molecule has 1 aromatic rings. The molecule has 2 rings (SSSR count). The molecule has 0 aliphatic carbocycles. The number of hydrogen-bond donors (Lipinski definition) is 1. The molecule has 2 unspecified atom stereocenters. The first-order valence-electron chi connectivity index (χ1n) is 6.42. The molecule has 1 aliphatic heterocycles. The number of sulfone groups is 1. The zero-order valence-electron chi connectivity index (χ0n) is 11.0. The molecule has 0 radical (unpaired) electrons. The molecular weight excluding hydrogens is 250 g/mol. The molecule has 5 nitrogen and oxygen atoms in total. The van der Waals surface area contributed by atoms with Crippen LogP contribution in [0, 0.1) is 5.92 Å². The van der Waals surface area contributed by atoms with Gasteiger partial charge in [0.1, 0.15) is 0 Å². The Labute approximate surface area is 108 Å². The summed E-state index contributed by atoms with van der Waals surface area (Å²) >= 11 is 0. The maximum absolute atomic E-state index is 11.6. The third-order valence-corrected chi connectivity index (χ3v) is 5.29. The van der Waals surface area contributed by atoms with Crippen molar-refractivity contribution >= 4 is 9.84 Å². The Balaban J connectivity index is 2.04. The van der Waals surface area contributed by atoms with Crippen LogP contribution in [0.3, 0.4) is 0 Å². The number of nitrogens with one attached hydrogen (secondary N) is 1. The van der Waals surface area contributed by atoms with Crippen molar-refractivity contribution in [2.75, 3.05) is 18.1 Å². The fourth-order valence-electron chi connectivity index (χ4n) is 2.61. The summed E-state index contributed by atoms with van der Waals surface area (Å²) < 4.78 is 24.9. The molecule has 0 bridgehead atoms. The minimum absolute atomic E-state index is 0.210. The molecule has 1 aliphatic rings. The summed E-state index contributed by atoms with van der Waals surface area (Å²) in [6, 6.07) is 2.20. The van der Waals surface area contributed by atoms with Gasteiger partial charge in [-0.15, -0.1) is 0 Å². The fourth-order valence-corrected chi connectivity index (χ4v) is 4.49. The van der Waals surface area contributed by atoms with E-state index in [1.165, 1.54) is 0 Å². The molecule has 1 saturated heterocycles. The average Bonchev–Trinajstić information content (AvgIpc) is 2.84. The number of aryl methyl sites for hydroxylation is 1. The van der Waals surface area contributed by atoms with Gasteiger partial charge in [0.2, 0.25) is 0 Å². The highest BCUT2D eigenvalue weighted by molar-refractivity contribution is 7.91. The predicted molar refractivity (Wildman–Crippen MR) is 71.1 cm³/mol. The predicted octanol–water partition coefficient (Wildman–Crippen LogP) is 0.375. The smallest absolute Gasteiger partial charge is 0.150 e. The van der Waals surface area contributed by atoms with E-state index in [4.69, 9.17) is 0 Å². The highest BCUT2D eigenvalue weighted by Crippen LogP contribution is 2.23. The van der Waals surface area contributed by atoms with Crippen molar-refractivity contribution < 1.29 is 8.42 Å². The van der Waals surface area contributed by atoms with E-state index < -0.39 is 9.84 Å². The summed E-state index contributed by atoms with van der Waals surface area (Å²) in [5.41, 5.74) is 1.02. The molecule has 102 valence electrons. The van der Waals surface area contributed by atoms with Gasteiger partial charge in [0.15, 0.2) is 9.84 Å². The summed E-state index contributed by atoms with van der Waals surface area (Å²) in [7, 11) is -0.917. The lowest BCUT2D eigenvalue weighted by Gasteiger charge is -2.22. The van der Waals surface area contributed by atoms with Crippen LogP contribution in [0.1, 0.15) is 19.0 Å². The van der Waals surface area contributed by atoms with Gasteiger partial charge in [-0.05, 0) is 24.9 Å². The number of rotatable bonds is 5. The molecule has 18 heavy (non-hydrogen) atoms. The van der Waals surface area contributed by atoms with E-state index in [-0.39, 0.29) is 12.0 Å². The molecule has 0 amide bonds. The molecular formula is C12H21N3O2S. The van der Waals surface area contributed by atoms with Crippen LogP contribution in [0.5, 0.6) is 0 Å². The van der Waals surface area contributed by atoms with Crippen molar-refractivity contribution in [3.05, 3.63) is 18.0 Å². The Morgan fingerprint density at radius 2 is 2.39 bits per heavy atom. The van der Waals surface area contributed by atoms with Gasteiger partial charge >= 0.3 is 0 Å². The quantitative estimate of drug-likeness (QED) is 0.840. The highest BCUT2D eigenvalue weighted by atomic mass is 32.2. The summed E-state index contributed by atoms with van der Waals surface area (Å²) in [5.74, 6) is 0.871. The maximum Gasteiger partial charge on any atom is 0.150 e. The van der Waals surface area contributed by atoms with Crippen LogP contribution in [0.4, 0.5) is 0 Å². The van der Waals surface area contributed by atoms with Gasteiger partial charge in [-0.1, -0.05) is 6.92 Å². The Hall–Kier alpha value is -0.880. The van der Waals surface area contributed by atoms with E-state index in [0.29, 0.717) is 11.5 Å². The van der Waals surface area contributed by atoms with Crippen LogP contribution in [0.25, 0.3) is 0 Å². The van der Waals surface area contributed by atoms with Crippen molar-refractivity contribution in [3.63, 3.8) is 0 Å². The van der Waals surface area contributed by atoms with Gasteiger partial charge in [-0.25, -0.2) is 8.42 Å². The van der Waals surface area contributed by atoms with Crippen molar-refractivity contribution in [2.45, 2.75) is 25.8 Å². The summed E-state index contributed by atoms with van der Waals surface area (Å²) in [6.45, 7) is 2.91. The first-order valence-corrected chi connectivity index (χ1v) is 8.24. The lowest BCUT2D eigenvalue weighted by Crippen LogP contribution is -2.38. The standard InChI is InChI=1S/C12H21N3O2S/c1-3-13-12(8-11-4-6-15(2)14-11)10-5-7-18(16,17)9-10/h4,6,10,12-13H,3,5,7-9H2,1-2H3. The lowest BCUT2D eigenvalue weighted by atomic mass is 9.95. The van der Waals surface area contributed by atoms with Gasteiger partial charge in [0, 0.05) is 25.7 Å². The highest BCUT2D eigenvalue weighted by Gasteiger charge is 2.33. The second-order valence-electron chi connectivity index (χ2n) is 5.01. The van der Waals surface area contributed by atoms with Crippen molar-refractivity contribution in [3.8, 4) is 0 Å². The first-order chi connectivity index (χ1) is 8.50. The summed E-state index contributed by atoms with van der Waals surface area (Å²) in [6.07, 6.45) is 3.49. The van der Waals surface area contributed by atoms with Crippen LogP contribution < -0.4 is 5.32 Å². The zero-order chi connectivity index (χ0) is 13.2. The third-order valence-electron chi connectivity index (χ3n) is 3.50. The number of aromatic nitrogens is 2. The number of likely N-dealkylation sites (N-methyl/N-ethyl adjacent to an activating group) is 1. The average molecular weight is 271 g/mol. The lowest BCUT2D eigenvalue weighted by molar-refractivity contribution is 0.382. The van der Waals surface area contributed by atoms with E-state index in [1.807, 2.05) is 19.3 Å². The number of nitrogens with zero attached hydrogens (tertiary/aromatic N) is 2. The van der Waals surface area contributed by atoms with E-state index >= 15 is 0 Å².